The van der Waals surface area contributed by atoms with Gasteiger partial charge in [0.25, 0.3) is 0 Å². The highest BCUT2D eigenvalue weighted by Crippen LogP contribution is 2.13. The number of aliphatic carboxylic acids is 2. The molecule has 1 aromatic rings. The summed E-state index contributed by atoms with van der Waals surface area (Å²) in [6, 6.07) is -3.82. The molecule has 0 spiro atoms. The summed E-state index contributed by atoms with van der Waals surface area (Å²) in [4.78, 5) is 116. The number of phenols is 1. The van der Waals surface area contributed by atoms with E-state index in [1.54, 1.807) is 0 Å². The Morgan fingerprint density at radius 3 is 1.49 bits per heavy atom. The molecule has 1 aromatic carbocycles. The van der Waals surface area contributed by atoms with Gasteiger partial charge in [0.05, 0.1) is 12.6 Å². The molecule has 24 heteroatoms. The zero-order chi connectivity index (χ0) is 43.2. The average molecular weight is 810 g/mol. The lowest BCUT2D eigenvalue weighted by Crippen LogP contribution is -2.59. The molecule has 7 amide bonds. The fourth-order valence-corrected chi connectivity index (χ4v) is 4.92. The van der Waals surface area contributed by atoms with Crippen molar-refractivity contribution in [3.05, 3.63) is 29.8 Å². The molecule has 0 bridgehead atoms. The van der Waals surface area contributed by atoms with Crippen LogP contribution < -0.4 is 55.3 Å². The first-order chi connectivity index (χ1) is 26.7. The Labute approximate surface area is 325 Å². The van der Waals surface area contributed by atoms with Crippen molar-refractivity contribution < 1.29 is 63.6 Å². The molecule has 6 atom stereocenters. The average Bonchev–Trinajstić information content (AvgIpc) is 3.13. The first kappa shape index (κ1) is 48.5. The van der Waals surface area contributed by atoms with Gasteiger partial charge in [-0.05, 0) is 49.8 Å². The normalized spacial score (nSPS) is 13.9. The Hall–Kier alpha value is -6.56. The third-order valence-corrected chi connectivity index (χ3v) is 8.02. The van der Waals surface area contributed by atoms with E-state index in [1.807, 2.05) is 5.32 Å². The number of carboxylic acids is 2. The van der Waals surface area contributed by atoms with Crippen LogP contribution in [0.1, 0.15) is 56.9 Å². The number of nitrogens with zero attached hydrogens (tertiary/aromatic N) is 1. The fourth-order valence-electron chi connectivity index (χ4n) is 4.92. The maximum Gasteiger partial charge on any atom is 0.328 e. The molecule has 0 aliphatic rings. The van der Waals surface area contributed by atoms with Crippen molar-refractivity contribution in [1.82, 2.24) is 26.6 Å². The number of amides is 7. The van der Waals surface area contributed by atoms with E-state index in [4.69, 9.17) is 28.7 Å². The van der Waals surface area contributed by atoms with Crippen LogP contribution >= 0.6 is 0 Å². The number of aromatic hydroxyl groups is 1. The highest BCUT2D eigenvalue weighted by Gasteiger charge is 2.33. The highest BCUT2D eigenvalue weighted by atomic mass is 16.4. The lowest BCUT2D eigenvalue weighted by Gasteiger charge is -2.27. The van der Waals surface area contributed by atoms with Gasteiger partial charge in [-0.15, -0.1) is 0 Å². The lowest BCUT2D eigenvalue weighted by atomic mass is 10.0. The minimum Gasteiger partial charge on any atom is -0.508 e. The molecule has 0 radical (unpaired) electrons. The summed E-state index contributed by atoms with van der Waals surface area (Å²) < 4.78 is 0. The van der Waals surface area contributed by atoms with E-state index in [0.29, 0.717) is 5.56 Å². The van der Waals surface area contributed by atoms with Gasteiger partial charge in [-0.2, -0.15) is 0 Å². The van der Waals surface area contributed by atoms with Crippen molar-refractivity contribution in [3.8, 4) is 5.75 Å². The summed E-state index contributed by atoms with van der Waals surface area (Å²) in [5, 5.41) is 49.0. The zero-order valence-corrected chi connectivity index (χ0v) is 30.8. The van der Waals surface area contributed by atoms with Gasteiger partial charge in [0.1, 0.15) is 36.0 Å². The molecular weight excluding hydrogens is 758 g/mol. The van der Waals surface area contributed by atoms with Crippen LogP contribution in [-0.2, 0) is 49.6 Å². The van der Waals surface area contributed by atoms with Gasteiger partial charge in [-0.25, -0.2) is 4.79 Å². The van der Waals surface area contributed by atoms with Crippen LogP contribution in [0.4, 0.5) is 0 Å². The molecule has 1 rings (SSSR count). The van der Waals surface area contributed by atoms with Gasteiger partial charge in [-0.3, -0.25) is 43.3 Å². The van der Waals surface area contributed by atoms with Crippen molar-refractivity contribution in [1.29, 1.82) is 0 Å². The third kappa shape index (κ3) is 19.6. The van der Waals surface area contributed by atoms with Crippen LogP contribution in [0.3, 0.4) is 0 Å². The van der Waals surface area contributed by atoms with Crippen LogP contribution in [-0.4, -0.2) is 129 Å². The summed E-state index contributed by atoms with van der Waals surface area (Å²) in [6.45, 7) is -1.09. The van der Waals surface area contributed by atoms with E-state index < -0.39 is 122 Å². The van der Waals surface area contributed by atoms with E-state index >= 15 is 0 Å². The second-order valence-electron chi connectivity index (χ2n) is 12.7. The van der Waals surface area contributed by atoms with Gasteiger partial charge < -0.3 is 75.7 Å². The highest BCUT2D eigenvalue weighted by molar-refractivity contribution is 5.96. The molecular formula is C33H51N11O13. The fraction of sp³-hybridized carbons (Fsp3) is 0.515. The van der Waals surface area contributed by atoms with Gasteiger partial charge in [0, 0.05) is 32.2 Å². The van der Waals surface area contributed by atoms with Gasteiger partial charge in [-0.1, -0.05) is 12.1 Å². The van der Waals surface area contributed by atoms with Crippen molar-refractivity contribution in [2.24, 2.45) is 33.7 Å². The number of guanidine groups is 1. The number of carboxylic acid groups (broad SMARTS) is 2. The Bertz CT molecular complexity index is 1620. The second kappa shape index (κ2) is 24.8. The minimum absolute atomic E-state index is 0.0307. The maximum atomic E-state index is 13.8. The van der Waals surface area contributed by atoms with E-state index in [9.17, 15) is 63.6 Å². The second-order valence-corrected chi connectivity index (χ2v) is 12.7. The van der Waals surface area contributed by atoms with E-state index in [1.165, 1.54) is 24.3 Å². The quantitative estimate of drug-likeness (QED) is 0.0224. The number of primary amides is 2. The molecule has 0 aromatic heterocycles. The number of phenolic OH excluding ortho intramolecular Hbond substituents is 1. The SMILES string of the molecule is NC(=O)CCC(N)C(=O)NC(Cc1ccc(O)cc1)C(=O)NC(CCC(N)=O)C(=O)NC(CCCN=C(N)N)C(=O)NC(CCC(=O)O)C(=O)NC(CO)C(=O)O. The molecule has 0 saturated carbocycles. The lowest BCUT2D eigenvalue weighted by molar-refractivity contribution is -0.144. The number of benzene rings is 1. The van der Waals surface area contributed by atoms with E-state index in [2.05, 4.69) is 26.3 Å². The molecule has 6 unspecified atom stereocenters. The van der Waals surface area contributed by atoms with Gasteiger partial charge in [0.15, 0.2) is 5.96 Å². The summed E-state index contributed by atoms with van der Waals surface area (Å²) in [5.41, 5.74) is 27.5. The summed E-state index contributed by atoms with van der Waals surface area (Å²) in [7, 11) is 0. The summed E-state index contributed by atoms with van der Waals surface area (Å²) in [6.07, 6.45) is -2.90. The molecule has 0 saturated heterocycles. The third-order valence-electron chi connectivity index (χ3n) is 8.02. The smallest absolute Gasteiger partial charge is 0.328 e. The van der Waals surface area contributed by atoms with E-state index in [-0.39, 0.29) is 50.4 Å². The molecule has 24 nitrogen and oxygen atoms in total. The first-order valence-corrected chi connectivity index (χ1v) is 17.5. The topological polar surface area (TPSA) is 437 Å². The van der Waals surface area contributed by atoms with Crippen molar-refractivity contribution >= 4 is 59.2 Å². The molecule has 0 aliphatic heterocycles. The number of aliphatic hydroxyl groups is 1. The number of carbonyl (C=O) groups excluding carboxylic acids is 7. The summed E-state index contributed by atoms with van der Waals surface area (Å²) >= 11 is 0. The van der Waals surface area contributed by atoms with Crippen LogP contribution in [0, 0.1) is 0 Å². The molecule has 19 N–H and O–H groups in total. The monoisotopic (exact) mass is 809 g/mol. The number of nitrogens with two attached hydrogens (primary N) is 5. The molecule has 0 fully saturated rings. The van der Waals surface area contributed by atoms with Crippen molar-refractivity contribution in [2.75, 3.05) is 13.2 Å². The number of hydrogen-bond donors (Lipinski definition) is 14. The number of nitrogens with one attached hydrogen (secondary N) is 5. The van der Waals surface area contributed by atoms with E-state index in [0.717, 1.165) is 0 Å². The van der Waals surface area contributed by atoms with Crippen LogP contribution in [0.15, 0.2) is 29.3 Å². The zero-order valence-electron chi connectivity index (χ0n) is 30.8. The van der Waals surface area contributed by atoms with Crippen LogP contribution in [0.5, 0.6) is 5.75 Å². The van der Waals surface area contributed by atoms with Gasteiger partial charge in [0.2, 0.25) is 41.4 Å². The predicted octanol–water partition coefficient (Wildman–Crippen LogP) is -5.79. The number of rotatable bonds is 27. The Morgan fingerprint density at radius 1 is 0.596 bits per heavy atom. The number of carbonyl (C=O) groups is 9. The van der Waals surface area contributed by atoms with Crippen molar-refractivity contribution in [3.63, 3.8) is 0 Å². The largest absolute Gasteiger partial charge is 0.508 e. The number of aliphatic hydroxyl groups excluding tert-OH is 1. The Morgan fingerprint density at radius 2 is 1.04 bits per heavy atom. The van der Waals surface area contributed by atoms with Crippen LogP contribution in [0.25, 0.3) is 0 Å². The predicted molar refractivity (Wildman–Crippen MR) is 198 cm³/mol. The minimum atomic E-state index is -1.81. The van der Waals surface area contributed by atoms with Gasteiger partial charge >= 0.3 is 11.9 Å². The molecule has 0 aliphatic carbocycles. The number of hydrogen-bond acceptors (Lipinski definition) is 13. The molecule has 57 heavy (non-hydrogen) atoms. The van der Waals surface area contributed by atoms with Crippen LogP contribution in [0.2, 0.25) is 0 Å². The van der Waals surface area contributed by atoms with Crippen molar-refractivity contribution in [2.45, 2.75) is 94.0 Å². The first-order valence-electron chi connectivity index (χ1n) is 17.5. The maximum absolute atomic E-state index is 13.8. The molecule has 316 valence electrons. The summed E-state index contributed by atoms with van der Waals surface area (Å²) in [5.74, 6) is -10.1. The Kier molecular flexibility index (Phi) is 21.1. The standard InChI is InChI=1S/C33H51N11O13/c34-18(7-10-24(35)47)27(51)43-22(14-16-3-5-17(46)6-4-16)31(55)42-20(8-11-25(36)48)29(53)40-19(2-1-13-39-33(37)38)28(52)41-21(9-12-26(49)50)30(54)44-23(15-45)32(56)57/h3-6,18-23,45-46H,1-2,7-15,34H2,(H2,35,47)(H2,36,48)(H,40,53)(H,41,52)(H,42,55)(H,43,51)(H,44,54)(H,49,50)(H,56,57)(H4,37,38,39). The number of aliphatic imine (C=N–C) groups is 1. The molecule has 0 heterocycles. The Balaban J connectivity index is 3.46.